The van der Waals surface area contributed by atoms with Gasteiger partial charge in [-0.3, -0.25) is 4.79 Å². The van der Waals surface area contributed by atoms with E-state index in [0.717, 1.165) is 5.56 Å². The molecule has 0 fully saturated rings. The largest absolute Gasteiger partial charge is 0.489 e. The molecule has 0 aliphatic heterocycles. The van der Waals surface area contributed by atoms with Crippen LogP contribution in [0.15, 0.2) is 54.6 Å². The van der Waals surface area contributed by atoms with Crippen molar-refractivity contribution in [3.8, 4) is 5.75 Å². The highest BCUT2D eigenvalue weighted by Gasteiger charge is 2.27. The molecule has 0 saturated heterocycles. The van der Waals surface area contributed by atoms with Gasteiger partial charge in [0.25, 0.3) is 5.91 Å². The first-order valence-electron chi connectivity index (χ1n) is 6.56. The highest BCUT2D eigenvalue weighted by atomic mass is 19.4. The van der Waals surface area contributed by atoms with Gasteiger partial charge in [-0.15, -0.1) is 0 Å². The van der Waals surface area contributed by atoms with Gasteiger partial charge in [0, 0.05) is 5.56 Å². The zero-order chi connectivity index (χ0) is 16.0. The molecule has 0 radical (unpaired) electrons. The fourth-order valence-corrected chi connectivity index (χ4v) is 1.73. The van der Waals surface area contributed by atoms with E-state index < -0.39 is 18.6 Å². The van der Waals surface area contributed by atoms with Gasteiger partial charge in [0.1, 0.15) is 18.9 Å². The minimum Gasteiger partial charge on any atom is -0.489 e. The van der Waals surface area contributed by atoms with Gasteiger partial charge in [-0.05, 0) is 29.8 Å². The lowest BCUT2D eigenvalue weighted by molar-refractivity contribution is -0.123. The number of halogens is 3. The Morgan fingerprint density at radius 3 is 2.23 bits per heavy atom. The van der Waals surface area contributed by atoms with Crippen LogP contribution in [-0.2, 0) is 6.61 Å². The van der Waals surface area contributed by atoms with Crippen molar-refractivity contribution in [1.82, 2.24) is 5.32 Å². The van der Waals surface area contributed by atoms with E-state index in [9.17, 15) is 18.0 Å². The van der Waals surface area contributed by atoms with Crippen LogP contribution in [0.3, 0.4) is 0 Å². The van der Waals surface area contributed by atoms with Gasteiger partial charge in [-0.2, -0.15) is 13.2 Å². The molecule has 0 unspecified atom stereocenters. The average molecular weight is 309 g/mol. The number of rotatable bonds is 5. The molecule has 6 heteroatoms. The minimum absolute atomic E-state index is 0.149. The van der Waals surface area contributed by atoms with E-state index in [1.807, 2.05) is 35.6 Å². The Bertz CT molecular complexity index is 610. The second-order valence-corrected chi connectivity index (χ2v) is 4.60. The van der Waals surface area contributed by atoms with E-state index in [-0.39, 0.29) is 5.56 Å². The number of ether oxygens (including phenoxy) is 1. The van der Waals surface area contributed by atoms with Gasteiger partial charge >= 0.3 is 6.18 Å². The molecular formula is C16H14F3NO2. The maximum Gasteiger partial charge on any atom is 0.405 e. The Kier molecular flexibility index (Phi) is 5.04. The molecule has 0 aliphatic carbocycles. The molecule has 0 heterocycles. The fourth-order valence-electron chi connectivity index (χ4n) is 1.73. The van der Waals surface area contributed by atoms with E-state index in [2.05, 4.69) is 0 Å². The van der Waals surface area contributed by atoms with Crippen molar-refractivity contribution in [2.75, 3.05) is 6.54 Å². The number of hydrogen-bond donors (Lipinski definition) is 1. The molecule has 0 bridgehead atoms. The fraction of sp³-hybridized carbons (Fsp3) is 0.188. The highest BCUT2D eigenvalue weighted by molar-refractivity contribution is 5.94. The van der Waals surface area contributed by atoms with E-state index in [4.69, 9.17) is 4.74 Å². The number of carbonyl (C=O) groups is 1. The molecular weight excluding hydrogens is 295 g/mol. The molecule has 22 heavy (non-hydrogen) atoms. The summed E-state index contributed by atoms with van der Waals surface area (Å²) in [7, 11) is 0. The van der Waals surface area contributed by atoms with Crippen LogP contribution >= 0.6 is 0 Å². The minimum atomic E-state index is -4.42. The predicted octanol–water partition coefficient (Wildman–Crippen LogP) is 3.56. The monoisotopic (exact) mass is 309 g/mol. The second kappa shape index (κ2) is 6.98. The van der Waals surface area contributed by atoms with Gasteiger partial charge in [0.15, 0.2) is 0 Å². The van der Waals surface area contributed by atoms with Crippen LogP contribution in [0.25, 0.3) is 0 Å². The van der Waals surface area contributed by atoms with Crippen LogP contribution in [0.1, 0.15) is 15.9 Å². The highest BCUT2D eigenvalue weighted by Crippen LogP contribution is 2.15. The first kappa shape index (κ1) is 15.9. The van der Waals surface area contributed by atoms with Crippen LogP contribution in [0.2, 0.25) is 0 Å². The number of hydrogen-bond acceptors (Lipinski definition) is 2. The number of amides is 1. The summed E-state index contributed by atoms with van der Waals surface area (Å²) in [4.78, 5) is 11.5. The van der Waals surface area contributed by atoms with Gasteiger partial charge in [-0.1, -0.05) is 30.3 Å². The molecule has 116 valence electrons. The van der Waals surface area contributed by atoms with E-state index in [1.54, 1.807) is 12.1 Å². The van der Waals surface area contributed by atoms with Gasteiger partial charge in [-0.25, -0.2) is 0 Å². The van der Waals surface area contributed by atoms with Gasteiger partial charge < -0.3 is 10.1 Å². The van der Waals surface area contributed by atoms with Crippen molar-refractivity contribution in [2.24, 2.45) is 0 Å². The number of benzene rings is 2. The van der Waals surface area contributed by atoms with E-state index >= 15 is 0 Å². The summed E-state index contributed by atoms with van der Waals surface area (Å²) in [5.41, 5.74) is 1.14. The summed E-state index contributed by atoms with van der Waals surface area (Å²) in [6.07, 6.45) is -4.42. The van der Waals surface area contributed by atoms with Gasteiger partial charge in [0.05, 0.1) is 0 Å². The third kappa shape index (κ3) is 5.12. The molecule has 1 N–H and O–H groups in total. The first-order chi connectivity index (χ1) is 10.4. The summed E-state index contributed by atoms with van der Waals surface area (Å²) in [6, 6.07) is 15.5. The second-order valence-electron chi connectivity index (χ2n) is 4.60. The lowest BCUT2D eigenvalue weighted by atomic mass is 10.2. The smallest absolute Gasteiger partial charge is 0.405 e. The first-order valence-corrected chi connectivity index (χ1v) is 6.56. The topological polar surface area (TPSA) is 38.3 Å². The Hall–Kier alpha value is -2.50. The van der Waals surface area contributed by atoms with E-state index in [0.29, 0.717) is 12.4 Å². The zero-order valence-corrected chi connectivity index (χ0v) is 11.6. The van der Waals surface area contributed by atoms with Crippen molar-refractivity contribution >= 4 is 5.91 Å². The number of nitrogens with one attached hydrogen (secondary N) is 1. The molecule has 0 atom stereocenters. The molecule has 2 rings (SSSR count). The summed E-state index contributed by atoms with van der Waals surface area (Å²) in [6.45, 7) is -0.974. The molecule has 2 aromatic carbocycles. The third-order valence-corrected chi connectivity index (χ3v) is 2.81. The Morgan fingerprint density at radius 2 is 1.64 bits per heavy atom. The normalized spacial score (nSPS) is 11.0. The van der Waals surface area contributed by atoms with Crippen LogP contribution in [-0.4, -0.2) is 18.6 Å². The Balaban J connectivity index is 1.88. The lowest BCUT2D eigenvalue weighted by Crippen LogP contribution is -2.33. The van der Waals surface area contributed by atoms with Crippen LogP contribution in [0.5, 0.6) is 5.75 Å². The Labute approximate surface area is 125 Å². The molecule has 3 nitrogen and oxygen atoms in total. The SMILES string of the molecule is O=C(NCC(F)(F)F)c1ccc(OCc2ccccc2)cc1. The molecule has 1 amide bonds. The summed E-state index contributed by atoms with van der Waals surface area (Å²) < 4.78 is 41.6. The third-order valence-electron chi connectivity index (χ3n) is 2.81. The van der Waals surface area contributed by atoms with Crippen LogP contribution < -0.4 is 10.1 Å². The van der Waals surface area contributed by atoms with Crippen molar-refractivity contribution in [1.29, 1.82) is 0 Å². The summed E-state index contributed by atoms with van der Waals surface area (Å²) in [5.74, 6) is -0.233. The Morgan fingerprint density at radius 1 is 1.00 bits per heavy atom. The zero-order valence-electron chi connectivity index (χ0n) is 11.6. The van der Waals surface area contributed by atoms with Crippen molar-refractivity contribution in [3.05, 3.63) is 65.7 Å². The van der Waals surface area contributed by atoms with Crippen molar-refractivity contribution < 1.29 is 22.7 Å². The molecule has 0 aromatic heterocycles. The predicted molar refractivity (Wildman–Crippen MR) is 75.6 cm³/mol. The molecule has 0 aliphatic rings. The summed E-state index contributed by atoms with van der Waals surface area (Å²) >= 11 is 0. The molecule has 2 aromatic rings. The quantitative estimate of drug-likeness (QED) is 0.917. The number of carbonyl (C=O) groups excluding carboxylic acids is 1. The average Bonchev–Trinajstić information content (AvgIpc) is 2.51. The van der Waals surface area contributed by atoms with Crippen LogP contribution in [0, 0.1) is 0 Å². The molecule has 0 saturated carbocycles. The maximum absolute atomic E-state index is 12.0. The van der Waals surface area contributed by atoms with E-state index in [1.165, 1.54) is 12.1 Å². The number of alkyl halides is 3. The standard InChI is InChI=1S/C16H14F3NO2/c17-16(18,19)11-20-15(21)13-6-8-14(9-7-13)22-10-12-4-2-1-3-5-12/h1-9H,10-11H2,(H,20,21). The van der Waals surface area contributed by atoms with Crippen LogP contribution in [0.4, 0.5) is 13.2 Å². The lowest BCUT2D eigenvalue weighted by Gasteiger charge is -2.09. The maximum atomic E-state index is 12.0. The summed E-state index contributed by atoms with van der Waals surface area (Å²) in [5, 5.41) is 1.81. The molecule has 0 spiro atoms. The van der Waals surface area contributed by atoms with Gasteiger partial charge in [0.2, 0.25) is 0 Å². The van der Waals surface area contributed by atoms with Crippen molar-refractivity contribution in [2.45, 2.75) is 12.8 Å². The van der Waals surface area contributed by atoms with Crippen molar-refractivity contribution in [3.63, 3.8) is 0 Å².